The van der Waals surface area contributed by atoms with Gasteiger partial charge in [0.25, 0.3) is 0 Å². The van der Waals surface area contributed by atoms with Gasteiger partial charge in [-0.1, -0.05) is 36.7 Å². The van der Waals surface area contributed by atoms with E-state index in [2.05, 4.69) is 10.5 Å². The highest BCUT2D eigenvalue weighted by atomic mass is 35.5. The van der Waals surface area contributed by atoms with Crippen molar-refractivity contribution in [2.75, 3.05) is 0 Å². The number of hydrazine groups is 1. The van der Waals surface area contributed by atoms with Gasteiger partial charge in [-0.25, -0.2) is 4.39 Å². The van der Waals surface area contributed by atoms with Crippen LogP contribution in [0.25, 0.3) is 0 Å². The van der Waals surface area contributed by atoms with E-state index in [0.29, 0.717) is 23.4 Å². The van der Waals surface area contributed by atoms with Crippen molar-refractivity contribution in [2.45, 2.75) is 32.2 Å². The summed E-state index contributed by atoms with van der Waals surface area (Å²) in [4.78, 5) is 0. The summed E-state index contributed by atoms with van der Waals surface area (Å²) in [5.74, 6) is 5.39. The molecule has 21 heavy (non-hydrogen) atoms. The van der Waals surface area contributed by atoms with Crippen molar-refractivity contribution in [2.24, 2.45) is 12.9 Å². The molecule has 1 aromatic carbocycles. The molecule has 0 saturated carbocycles. The minimum atomic E-state index is -0.219. The Morgan fingerprint density at radius 2 is 2.10 bits per heavy atom. The summed E-state index contributed by atoms with van der Waals surface area (Å²) < 4.78 is 15.5. The highest BCUT2D eigenvalue weighted by Gasteiger charge is 2.18. The van der Waals surface area contributed by atoms with Crippen LogP contribution in [0.5, 0.6) is 0 Å². The molecule has 0 aliphatic rings. The number of rotatable bonds is 6. The Labute approximate surface area is 129 Å². The van der Waals surface area contributed by atoms with Crippen LogP contribution in [0, 0.1) is 5.82 Å². The smallest absolute Gasteiger partial charge is 0.126 e. The molecule has 0 bridgehead atoms. The number of hydrogen-bond acceptors (Lipinski definition) is 3. The zero-order chi connectivity index (χ0) is 15.4. The molecular formula is C15H20ClFN4. The largest absolute Gasteiger partial charge is 0.271 e. The van der Waals surface area contributed by atoms with Gasteiger partial charge in [0.05, 0.1) is 16.4 Å². The highest BCUT2D eigenvalue weighted by Crippen LogP contribution is 2.23. The highest BCUT2D eigenvalue weighted by molar-refractivity contribution is 6.31. The molecule has 0 fully saturated rings. The molecule has 1 aromatic heterocycles. The zero-order valence-corrected chi connectivity index (χ0v) is 13.0. The van der Waals surface area contributed by atoms with Gasteiger partial charge in [0, 0.05) is 19.5 Å². The molecule has 2 aromatic rings. The van der Waals surface area contributed by atoms with Gasteiger partial charge in [-0.3, -0.25) is 16.0 Å². The van der Waals surface area contributed by atoms with Gasteiger partial charge in [0.15, 0.2) is 0 Å². The number of nitrogens with two attached hydrogens (primary N) is 1. The number of aromatic nitrogens is 2. The van der Waals surface area contributed by atoms with E-state index in [4.69, 9.17) is 17.4 Å². The topological polar surface area (TPSA) is 55.9 Å². The van der Waals surface area contributed by atoms with Gasteiger partial charge in [-0.15, -0.1) is 0 Å². The van der Waals surface area contributed by atoms with E-state index in [9.17, 15) is 4.39 Å². The van der Waals surface area contributed by atoms with Crippen molar-refractivity contribution in [1.29, 1.82) is 0 Å². The zero-order valence-electron chi connectivity index (χ0n) is 12.2. The number of hydrogen-bond donors (Lipinski definition) is 2. The van der Waals surface area contributed by atoms with Crippen molar-refractivity contribution in [3.8, 4) is 0 Å². The second kappa shape index (κ2) is 7.02. The lowest BCUT2D eigenvalue weighted by Crippen LogP contribution is -2.39. The maximum atomic E-state index is 13.7. The molecule has 0 aliphatic heterocycles. The molecule has 1 heterocycles. The summed E-state index contributed by atoms with van der Waals surface area (Å²) in [5.41, 5.74) is 5.16. The standard InChI is InChI=1S/C15H20ClFN4/c1-3-13-15(16)14(21(2)20-13)9-11(19-18)8-10-6-4-5-7-12(10)17/h4-7,11,19H,3,8-9,18H2,1-2H3. The van der Waals surface area contributed by atoms with Gasteiger partial charge in [-0.2, -0.15) is 5.10 Å². The third kappa shape index (κ3) is 3.61. The van der Waals surface area contributed by atoms with Crippen molar-refractivity contribution in [3.05, 3.63) is 52.1 Å². The molecule has 0 saturated heterocycles. The summed E-state index contributed by atoms with van der Waals surface area (Å²) >= 11 is 6.34. The molecule has 0 spiro atoms. The molecule has 1 unspecified atom stereocenters. The second-order valence-electron chi connectivity index (χ2n) is 5.05. The second-order valence-corrected chi connectivity index (χ2v) is 5.43. The first-order valence-electron chi connectivity index (χ1n) is 6.96. The molecule has 1 atom stereocenters. The van der Waals surface area contributed by atoms with Crippen LogP contribution in [-0.2, 0) is 26.3 Å². The number of aryl methyl sites for hydroxylation is 2. The first-order chi connectivity index (χ1) is 10.1. The quantitative estimate of drug-likeness (QED) is 0.636. The van der Waals surface area contributed by atoms with E-state index in [1.165, 1.54) is 6.07 Å². The fourth-order valence-electron chi connectivity index (χ4n) is 2.39. The summed E-state index contributed by atoms with van der Waals surface area (Å²) in [5, 5.41) is 5.06. The van der Waals surface area contributed by atoms with Gasteiger partial charge < -0.3 is 0 Å². The van der Waals surface area contributed by atoms with Crippen molar-refractivity contribution in [3.63, 3.8) is 0 Å². The Balaban J connectivity index is 2.16. The van der Waals surface area contributed by atoms with Gasteiger partial charge in [-0.05, 0) is 24.5 Å². The summed E-state index contributed by atoms with van der Waals surface area (Å²) in [6.45, 7) is 2.01. The van der Waals surface area contributed by atoms with Crippen molar-refractivity contribution < 1.29 is 4.39 Å². The first-order valence-corrected chi connectivity index (χ1v) is 7.34. The van der Waals surface area contributed by atoms with Crippen LogP contribution in [0.2, 0.25) is 5.02 Å². The SMILES string of the molecule is CCc1nn(C)c(CC(Cc2ccccc2F)NN)c1Cl. The third-order valence-electron chi connectivity index (χ3n) is 3.60. The Bertz CT molecular complexity index is 612. The Kier molecular flexibility index (Phi) is 5.33. The van der Waals surface area contributed by atoms with Crippen LogP contribution in [0.15, 0.2) is 24.3 Å². The van der Waals surface area contributed by atoms with Crippen LogP contribution < -0.4 is 11.3 Å². The fraction of sp³-hybridized carbons (Fsp3) is 0.400. The number of benzene rings is 1. The predicted octanol–water partition coefficient (Wildman–Crippen LogP) is 2.39. The molecule has 0 aliphatic carbocycles. The predicted molar refractivity (Wildman–Crippen MR) is 82.5 cm³/mol. The van der Waals surface area contributed by atoms with E-state index in [0.717, 1.165) is 17.8 Å². The maximum absolute atomic E-state index is 13.7. The molecule has 4 nitrogen and oxygen atoms in total. The van der Waals surface area contributed by atoms with Crippen LogP contribution in [0.1, 0.15) is 23.9 Å². The minimum Gasteiger partial charge on any atom is -0.271 e. The monoisotopic (exact) mass is 310 g/mol. The molecule has 0 amide bonds. The average Bonchev–Trinajstić information content (AvgIpc) is 2.75. The normalized spacial score (nSPS) is 12.6. The summed E-state index contributed by atoms with van der Waals surface area (Å²) in [6.07, 6.45) is 1.86. The van der Waals surface area contributed by atoms with E-state index in [1.807, 2.05) is 20.0 Å². The van der Waals surface area contributed by atoms with E-state index in [1.54, 1.807) is 16.8 Å². The van der Waals surface area contributed by atoms with Gasteiger partial charge >= 0.3 is 0 Å². The first kappa shape index (κ1) is 15.9. The fourth-order valence-corrected chi connectivity index (χ4v) is 2.77. The Morgan fingerprint density at radius 3 is 2.67 bits per heavy atom. The Hall–Kier alpha value is -1.43. The van der Waals surface area contributed by atoms with E-state index in [-0.39, 0.29) is 11.9 Å². The lowest BCUT2D eigenvalue weighted by molar-refractivity contribution is 0.492. The molecule has 2 rings (SSSR count). The third-order valence-corrected chi connectivity index (χ3v) is 4.04. The van der Waals surface area contributed by atoms with Gasteiger partial charge in [0.1, 0.15) is 5.82 Å². The van der Waals surface area contributed by atoms with Crippen LogP contribution >= 0.6 is 11.6 Å². The van der Waals surface area contributed by atoms with Crippen molar-refractivity contribution in [1.82, 2.24) is 15.2 Å². The molecular weight excluding hydrogens is 291 g/mol. The van der Waals surface area contributed by atoms with Crippen molar-refractivity contribution >= 4 is 11.6 Å². The van der Waals surface area contributed by atoms with Gasteiger partial charge in [0.2, 0.25) is 0 Å². The number of nitrogens with one attached hydrogen (secondary N) is 1. The molecule has 6 heteroatoms. The lowest BCUT2D eigenvalue weighted by Gasteiger charge is -2.16. The summed E-state index contributed by atoms with van der Waals surface area (Å²) in [6, 6.07) is 6.60. The van der Waals surface area contributed by atoms with Crippen LogP contribution in [-0.4, -0.2) is 15.8 Å². The lowest BCUT2D eigenvalue weighted by atomic mass is 10.0. The van der Waals surface area contributed by atoms with E-state index < -0.39 is 0 Å². The summed E-state index contributed by atoms with van der Waals surface area (Å²) in [7, 11) is 1.86. The maximum Gasteiger partial charge on any atom is 0.126 e. The van der Waals surface area contributed by atoms with Crippen LogP contribution in [0.3, 0.4) is 0 Å². The van der Waals surface area contributed by atoms with Crippen LogP contribution in [0.4, 0.5) is 4.39 Å². The number of halogens is 2. The molecule has 3 N–H and O–H groups in total. The van der Waals surface area contributed by atoms with E-state index >= 15 is 0 Å². The molecule has 0 radical (unpaired) electrons. The Morgan fingerprint density at radius 1 is 1.38 bits per heavy atom. The average molecular weight is 311 g/mol. The number of nitrogens with zero attached hydrogens (tertiary/aromatic N) is 2. The molecule has 114 valence electrons. The minimum absolute atomic E-state index is 0.112.